The Balaban J connectivity index is 2.83. The van der Waals surface area contributed by atoms with Gasteiger partial charge in [-0.15, -0.1) is 0 Å². The van der Waals surface area contributed by atoms with Crippen LogP contribution in [0.4, 0.5) is 0 Å². The van der Waals surface area contributed by atoms with Gasteiger partial charge in [0.1, 0.15) is 0 Å². The van der Waals surface area contributed by atoms with Crippen LogP contribution in [0.25, 0.3) is 0 Å². The van der Waals surface area contributed by atoms with Crippen LogP contribution in [0, 0.1) is 6.92 Å². The molecule has 0 amide bonds. The van der Waals surface area contributed by atoms with E-state index in [1.165, 1.54) is 0 Å². The fraction of sp³-hybridized carbons (Fsp3) is 0.417. The molecule has 0 saturated heterocycles. The SMILES string of the molecule is [CH2]c1cccc(OCCC)c1OCC. The van der Waals surface area contributed by atoms with Gasteiger partial charge in [-0.25, -0.2) is 0 Å². The molecule has 0 bridgehead atoms. The smallest absolute Gasteiger partial charge is 0.164 e. The number of para-hydroxylation sites is 1. The first-order valence-corrected chi connectivity index (χ1v) is 5.00. The van der Waals surface area contributed by atoms with Crippen LogP contribution in [0.5, 0.6) is 11.5 Å². The van der Waals surface area contributed by atoms with E-state index in [1.807, 2.05) is 25.1 Å². The molecule has 2 heteroatoms. The summed E-state index contributed by atoms with van der Waals surface area (Å²) in [5.41, 5.74) is 0.875. The van der Waals surface area contributed by atoms with Gasteiger partial charge in [-0.1, -0.05) is 19.1 Å². The molecule has 0 N–H and O–H groups in total. The minimum absolute atomic E-state index is 0.634. The van der Waals surface area contributed by atoms with Crippen molar-refractivity contribution in [1.29, 1.82) is 0 Å². The second kappa shape index (κ2) is 5.53. The molecule has 0 fully saturated rings. The molecule has 0 unspecified atom stereocenters. The Morgan fingerprint density at radius 3 is 2.64 bits per heavy atom. The monoisotopic (exact) mass is 193 g/mol. The van der Waals surface area contributed by atoms with Crippen molar-refractivity contribution in [1.82, 2.24) is 0 Å². The lowest BCUT2D eigenvalue weighted by molar-refractivity contribution is 0.276. The highest BCUT2D eigenvalue weighted by molar-refractivity contribution is 5.47. The van der Waals surface area contributed by atoms with Crippen LogP contribution in [0.2, 0.25) is 0 Å². The molecule has 0 spiro atoms. The zero-order valence-electron chi connectivity index (χ0n) is 8.88. The fourth-order valence-corrected chi connectivity index (χ4v) is 1.20. The molecule has 0 aromatic heterocycles. The lowest BCUT2D eigenvalue weighted by Gasteiger charge is -2.13. The topological polar surface area (TPSA) is 18.5 Å². The third-order valence-electron chi connectivity index (χ3n) is 1.81. The van der Waals surface area contributed by atoms with E-state index in [2.05, 4.69) is 13.8 Å². The van der Waals surface area contributed by atoms with Crippen molar-refractivity contribution in [3.05, 3.63) is 30.7 Å². The second-order valence-corrected chi connectivity index (χ2v) is 3.03. The van der Waals surface area contributed by atoms with Crippen LogP contribution < -0.4 is 9.47 Å². The van der Waals surface area contributed by atoms with E-state index in [9.17, 15) is 0 Å². The van der Waals surface area contributed by atoms with E-state index in [0.29, 0.717) is 13.2 Å². The minimum Gasteiger partial charge on any atom is -0.490 e. The minimum atomic E-state index is 0.634. The molecule has 1 radical (unpaired) electrons. The first-order chi connectivity index (χ1) is 6.79. The Bertz CT molecular complexity index is 282. The van der Waals surface area contributed by atoms with Crippen molar-refractivity contribution >= 4 is 0 Å². The molecular formula is C12H17O2. The molecule has 0 heterocycles. The molecule has 1 aromatic carbocycles. The average Bonchev–Trinajstić information content (AvgIpc) is 2.19. The first-order valence-electron chi connectivity index (χ1n) is 5.00. The second-order valence-electron chi connectivity index (χ2n) is 3.03. The molecular weight excluding hydrogens is 176 g/mol. The van der Waals surface area contributed by atoms with Crippen LogP contribution >= 0.6 is 0 Å². The van der Waals surface area contributed by atoms with Crippen molar-refractivity contribution < 1.29 is 9.47 Å². The van der Waals surface area contributed by atoms with Gasteiger partial charge in [-0.05, 0) is 31.9 Å². The lowest BCUT2D eigenvalue weighted by atomic mass is 10.2. The van der Waals surface area contributed by atoms with Crippen molar-refractivity contribution in [2.75, 3.05) is 13.2 Å². The van der Waals surface area contributed by atoms with Gasteiger partial charge in [0.15, 0.2) is 11.5 Å². The van der Waals surface area contributed by atoms with Crippen LogP contribution in [0.15, 0.2) is 18.2 Å². The average molecular weight is 193 g/mol. The summed E-state index contributed by atoms with van der Waals surface area (Å²) in [6.07, 6.45) is 0.993. The number of ether oxygens (including phenoxy) is 2. The maximum Gasteiger partial charge on any atom is 0.164 e. The maximum absolute atomic E-state index is 5.55. The Labute approximate surface area is 85.8 Å². The summed E-state index contributed by atoms with van der Waals surface area (Å²) in [5, 5.41) is 0. The third-order valence-corrected chi connectivity index (χ3v) is 1.81. The molecule has 0 saturated carbocycles. The highest BCUT2D eigenvalue weighted by Crippen LogP contribution is 2.30. The van der Waals surface area contributed by atoms with Gasteiger partial charge in [0.25, 0.3) is 0 Å². The van der Waals surface area contributed by atoms with Crippen LogP contribution in [0.1, 0.15) is 25.8 Å². The highest BCUT2D eigenvalue weighted by atomic mass is 16.5. The maximum atomic E-state index is 5.55. The Morgan fingerprint density at radius 2 is 2.00 bits per heavy atom. The largest absolute Gasteiger partial charge is 0.490 e. The summed E-state index contributed by atoms with van der Waals surface area (Å²) >= 11 is 0. The van der Waals surface area contributed by atoms with Gasteiger partial charge in [0.2, 0.25) is 0 Å². The van der Waals surface area contributed by atoms with Crippen LogP contribution in [-0.4, -0.2) is 13.2 Å². The van der Waals surface area contributed by atoms with E-state index >= 15 is 0 Å². The summed E-state index contributed by atoms with van der Waals surface area (Å²) in [5.74, 6) is 1.56. The fourth-order valence-electron chi connectivity index (χ4n) is 1.20. The molecule has 14 heavy (non-hydrogen) atoms. The zero-order chi connectivity index (χ0) is 10.4. The van der Waals surface area contributed by atoms with Gasteiger partial charge in [-0.2, -0.15) is 0 Å². The summed E-state index contributed by atoms with van der Waals surface area (Å²) in [6, 6.07) is 5.76. The van der Waals surface area contributed by atoms with E-state index in [-0.39, 0.29) is 0 Å². The van der Waals surface area contributed by atoms with Crippen LogP contribution in [-0.2, 0) is 0 Å². The quantitative estimate of drug-likeness (QED) is 0.715. The third kappa shape index (κ3) is 2.66. The summed E-state index contributed by atoms with van der Waals surface area (Å²) in [7, 11) is 0. The standard InChI is InChI=1S/C12H17O2/c1-4-9-14-11-8-6-7-10(3)12(11)13-5-2/h6-8H,3-5,9H2,1-2H3. The van der Waals surface area contributed by atoms with E-state index < -0.39 is 0 Å². The predicted molar refractivity (Wildman–Crippen MR) is 57.9 cm³/mol. The molecule has 0 aliphatic rings. The lowest BCUT2D eigenvalue weighted by Crippen LogP contribution is -2.01. The number of benzene rings is 1. The number of hydrogen-bond donors (Lipinski definition) is 0. The molecule has 0 atom stereocenters. The van der Waals surface area contributed by atoms with Gasteiger partial charge in [0, 0.05) is 0 Å². The zero-order valence-corrected chi connectivity index (χ0v) is 8.88. The van der Waals surface area contributed by atoms with E-state index in [4.69, 9.17) is 9.47 Å². The Hall–Kier alpha value is -1.18. The normalized spacial score (nSPS) is 9.93. The van der Waals surface area contributed by atoms with Crippen molar-refractivity contribution in [3.63, 3.8) is 0 Å². The number of rotatable bonds is 5. The Kier molecular flexibility index (Phi) is 4.30. The predicted octanol–water partition coefficient (Wildman–Crippen LogP) is 3.06. The van der Waals surface area contributed by atoms with Crippen molar-refractivity contribution in [2.24, 2.45) is 0 Å². The number of hydrogen-bond acceptors (Lipinski definition) is 2. The molecule has 0 aliphatic heterocycles. The summed E-state index contributed by atoms with van der Waals surface area (Å²) < 4.78 is 11.0. The van der Waals surface area contributed by atoms with Crippen LogP contribution in [0.3, 0.4) is 0 Å². The van der Waals surface area contributed by atoms with Gasteiger partial charge in [0.05, 0.1) is 13.2 Å². The van der Waals surface area contributed by atoms with Gasteiger partial charge >= 0.3 is 0 Å². The van der Waals surface area contributed by atoms with E-state index in [0.717, 1.165) is 23.5 Å². The summed E-state index contributed by atoms with van der Waals surface area (Å²) in [6.45, 7) is 9.28. The molecule has 1 aromatic rings. The van der Waals surface area contributed by atoms with Gasteiger partial charge in [-0.3, -0.25) is 0 Å². The molecule has 0 aliphatic carbocycles. The highest BCUT2D eigenvalue weighted by Gasteiger charge is 2.06. The summed E-state index contributed by atoms with van der Waals surface area (Å²) in [4.78, 5) is 0. The molecule has 2 nitrogen and oxygen atoms in total. The van der Waals surface area contributed by atoms with E-state index in [1.54, 1.807) is 0 Å². The van der Waals surface area contributed by atoms with Crippen molar-refractivity contribution in [3.8, 4) is 11.5 Å². The molecule has 77 valence electrons. The van der Waals surface area contributed by atoms with Gasteiger partial charge < -0.3 is 9.47 Å². The Morgan fingerprint density at radius 1 is 1.21 bits per heavy atom. The first kappa shape index (κ1) is 10.9. The van der Waals surface area contributed by atoms with Crippen molar-refractivity contribution in [2.45, 2.75) is 20.3 Å². The molecule has 1 rings (SSSR count).